The third-order valence-electron chi connectivity index (χ3n) is 3.14. The van der Waals surface area contributed by atoms with Gasteiger partial charge in [-0.25, -0.2) is 0 Å². The van der Waals surface area contributed by atoms with Gasteiger partial charge in [-0.3, -0.25) is 0 Å². The molecule has 19 heavy (non-hydrogen) atoms. The fraction of sp³-hybridized carbons (Fsp3) is 0.625. The van der Waals surface area contributed by atoms with Crippen molar-refractivity contribution in [3.05, 3.63) is 18.2 Å². The van der Waals surface area contributed by atoms with Gasteiger partial charge in [-0.05, 0) is 26.3 Å². The van der Waals surface area contributed by atoms with Gasteiger partial charge in [-0.1, -0.05) is 32.6 Å². The number of ether oxygens (including phenoxy) is 1. The van der Waals surface area contributed by atoms with Gasteiger partial charge in [-0.15, -0.1) is 0 Å². The van der Waals surface area contributed by atoms with Gasteiger partial charge in [0, 0.05) is 29.5 Å². The van der Waals surface area contributed by atoms with Crippen LogP contribution < -0.4 is 15.8 Å². The number of hydrogen-bond donors (Lipinski definition) is 2. The summed E-state index contributed by atoms with van der Waals surface area (Å²) < 4.78 is 5.50. The molecule has 0 bridgehead atoms. The van der Waals surface area contributed by atoms with Crippen molar-refractivity contribution in [1.29, 1.82) is 0 Å². The highest BCUT2D eigenvalue weighted by Crippen LogP contribution is 2.23. The van der Waals surface area contributed by atoms with E-state index in [-0.39, 0.29) is 0 Å². The minimum absolute atomic E-state index is 0.466. The van der Waals surface area contributed by atoms with E-state index in [2.05, 4.69) is 19.2 Å². The molecule has 1 rings (SSSR count). The number of anilines is 2. The van der Waals surface area contributed by atoms with E-state index in [0.29, 0.717) is 12.6 Å². The number of hydrogen-bond acceptors (Lipinski definition) is 3. The zero-order chi connectivity index (χ0) is 14.1. The number of benzene rings is 1. The fourth-order valence-electron chi connectivity index (χ4n) is 2.19. The largest absolute Gasteiger partial charge is 0.494 e. The van der Waals surface area contributed by atoms with Crippen molar-refractivity contribution in [3.63, 3.8) is 0 Å². The zero-order valence-corrected chi connectivity index (χ0v) is 12.5. The second kappa shape index (κ2) is 8.68. The molecule has 0 heterocycles. The standard InChI is InChI=1S/C16H28N2O/c1-4-6-7-8-9-13(3)18-15-10-14(17)11-16(12-15)19-5-2/h10-13,18H,4-9,17H2,1-3H3. The molecule has 3 nitrogen and oxygen atoms in total. The quantitative estimate of drug-likeness (QED) is 0.512. The Morgan fingerprint density at radius 3 is 2.63 bits per heavy atom. The Bertz CT molecular complexity index is 366. The Balaban J connectivity index is 2.46. The molecule has 108 valence electrons. The maximum atomic E-state index is 5.89. The van der Waals surface area contributed by atoms with Gasteiger partial charge in [0.15, 0.2) is 0 Å². The summed E-state index contributed by atoms with van der Waals surface area (Å²) in [7, 11) is 0. The Kier molecular flexibility index (Phi) is 7.16. The van der Waals surface area contributed by atoms with Gasteiger partial charge in [0.2, 0.25) is 0 Å². The van der Waals surface area contributed by atoms with Crippen LogP contribution in [-0.4, -0.2) is 12.6 Å². The summed E-state index contributed by atoms with van der Waals surface area (Å²) in [6, 6.07) is 6.31. The first kappa shape index (κ1) is 15.7. The number of nitrogens with two attached hydrogens (primary N) is 1. The SMILES string of the molecule is CCCCCCC(C)Nc1cc(N)cc(OCC)c1. The first-order chi connectivity index (χ1) is 9.15. The summed E-state index contributed by atoms with van der Waals surface area (Å²) in [5, 5.41) is 3.50. The lowest BCUT2D eigenvalue weighted by Crippen LogP contribution is -2.15. The van der Waals surface area contributed by atoms with Crippen molar-refractivity contribution < 1.29 is 4.74 Å². The molecule has 0 saturated carbocycles. The van der Waals surface area contributed by atoms with Gasteiger partial charge in [0.1, 0.15) is 5.75 Å². The average molecular weight is 264 g/mol. The van der Waals surface area contributed by atoms with Crippen molar-refractivity contribution in [2.75, 3.05) is 17.7 Å². The van der Waals surface area contributed by atoms with Gasteiger partial charge in [0.05, 0.1) is 6.61 Å². The van der Waals surface area contributed by atoms with Gasteiger partial charge in [0.25, 0.3) is 0 Å². The number of nitrogens with one attached hydrogen (secondary N) is 1. The summed E-state index contributed by atoms with van der Waals surface area (Å²) in [6.07, 6.45) is 6.42. The van der Waals surface area contributed by atoms with E-state index in [1.54, 1.807) is 0 Å². The lowest BCUT2D eigenvalue weighted by Gasteiger charge is -2.16. The smallest absolute Gasteiger partial charge is 0.123 e. The summed E-state index contributed by atoms with van der Waals surface area (Å²) in [6.45, 7) is 7.10. The van der Waals surface area contributed by atoms with Crippen LogP contribution in [0.3, 0.4) is 0 Å². The fourth-order valence-corrected chi connectivity index (χ4v) is 2.19. The highest BCUT2D eigenvalue weighted by atomic mass is 16.5. The van der Waals surface area contributed by atoms with E-state index in [9.17, 15) is 0 Å². The Hall–Kier alpha value is -1.38. The normalized spacial score (nSPS) is 12.2. The number of unbranched alkanes of at least 4 members (excludes halogenated alkanes) is 3. The van der Waals surface area contributed by atoms with Crippen LogP contribution in [0.4, 0.5) is 11.4 Å². The molecule has 0 amide bonds. The Morgan fingerprint density at radius 1 is 1.16 bits per heavy atom. The highest BCUT2D eigenvalue weighted by Gasteiger charge is 2.04. The van der Waals surface area contributed by atoms with Crippen molar-refractivity contribution in [2.24, 2.45) is 0 Å². The predicted octanol–water partition coefficient (Wildman–Crippen LogP) is 4.44. The first-order valence-corrected chi connectivity index (χ1v) is 7.45. The third kappa shape index (κ3) is 6.37. The van der Waals surface area contributed by atoms with E-state index >= 15 is 0 Å². The molecule has 3 N–H and O–H groups in total. The van der Waals surface area contributed by atoms with E-state index in [0.717, 1.165) is 17.1 Å². The summed E-state index contributed by atoms with van der Waals surface area (Å²) in [4.78, 5) is 0. The molecule has 0 saturated heterocycles. The zero-order valence-electron chi connectivity index (χ0n) is 12.5. The topological polar surface area (TPSA) is 47.3 Å². The molecule has 0 aliphatic carbocycles. The van der Waals surface area contributed by atoms with Crippen molar-refractivity contribution in [1.82, 2.24) is 0 Å². The van der Waals surface area contributed by atoms with Gasteiger partial charge in [-0.2, -0.15) is 0 Å². The van der Waals surface area contributed by atoms with Crippen molar-refractivity contribution >= 4 is 11.4 Å². The first-order valence-electron chi connectivity index (χ1n) is 7.45. The van der Waals surface area contributed by atoms with Crippen LogP contribution in [0.25, 0.3) is 0 Å². The minimum Gasteiger partial charge on any atom is -0.494 e. The Labute approximate surface area is 117 Å². The summed E-state index contributed by atoms with van der Waals surface area (Å²) in [5.41, 5.74) is 7.67. The third-order valence-corrected chi connectivity index (χ3v) is 3.14. The molecule has 1 atom stereocenters. The van der Waals surface area contributed by atoms with E-state index in [4.69, 9.17) is 10.5 Å². The maximum absolute atomic E-state index is 5.89. The van der Waals surface area contributed by atoms with Crippen LogP contribution in [0.1, 0.15) is 52.9 Å². The van der Waals surface area contributed by atoms with Crippen LogP contribution in [0.5, 0.6) is 5.75 Å². The molecule has 0 aromatic heterocycles. The van der Waals surface area contributed by atoms with Crippen LogP contribution >= 0.6 is 0 Å². The summed E-state index contributed by atoms with van der Waals surface area (Å²) in [5.74, 6) is 0.836. The summed E-state index contributed by atoms with van der Waals surface area (Å²) >= 11 is 0. The minimum atomic E-state index is 0.466. The number of nitrogen functional groups attached to an aromatic ring is 1. The van der Waals surface area contributed by atoms with Crippen molar-refractivity contribution in [2.45, 2.75) is 58.9 Å². The van der Waals surface area contributed by atoms with Crippen molar-refractivity contribution in [3.8, 4) is 5.75 Å². The van der Waals surface area contributed by atoms with E-state index < -0.39 is 0 Å². The highest BCUT2D eigenvalue weighted by molar-refractivity contribution is 5.59. The number of rotatable bonds is 9. The molecule has 1 aromatic carbocycles. The molecule has 3 heteroatoms. The second-order valence-corrected chi connectivity index (χ2v) is 5.12. The maximum Gasteiger partial charge on any atom is 0.123 e. The molecule has 0 radical (unpaired) electrons. The lowest BCUT2D eigenvalue weighted by molar-refractivity contribution is 0.340. The van der Waals surface area contributed by atoms with E-state index in [1.807, 2.05) is 25.1 Å². The molecule has 0 fully saturated rings. The van der Waals surface area contributed by atoms with Gasteiger partial charge >= 0.3 is 0 Å². The van der Waals surface area contributed by atoms with Crippen LogP contribution in [0.2, 0.25) is 0 Å². The molecular formula is C16H28N2O. The monoisotopic (exact) mass is 264 g/mol. The van der Waals surface area contributed by atoms with Crippen LogP contribution in [0.15, 0.2) is 18.2 Å². The van der Waals surface area contributed by atoms with Crippen LogP contribution in [0, 0.1) is 0 Å². The molecule has 0 spiro atoms. The Morgan fingerprint density at radius 2 is 1.95 bits per heavy atom. The average Bonchev–Trinajstić information content (AvgIpc) is 2.34. The lowest BCUT2D eigenvalue weighted by atomic mass is 10.1. The molecular weight excluding hydrogens is 236 g/mol. The second-order valence-electron chi connectivity index (χ2n) is 5.12. The molecule has 0 aliphatic rings. The molecule has 0 aliphatic heterocycles. The predicted molar refractivity (Wildman–Crippen MR) is 83.9 cm³/mol. The molecule has 1 aromatic rings. The van der Waals surface area contributed by atoms with E-state index in [1.165, 1.54) is 32.1 Å². The molecule has 1 unspecified atom stereocenters. The van der Waals surface area contributed by atoms with Gasteiger partial charge < -0.3 is 15.8 Å². The van der Waals surface area contributed by atoms with Crippen LogP contribution in [-0.2, 0) is 0 Å².